The lowest BCUT2D eigenvalue weighted by Crippen LogP contribution is -2.53. The standard InChI is InChI=1S/C31H33Cl2FN2O2S/c32-25-16-15-23(27(33)18-25)19-36(30(37)21-39-20-24-11-7-8-14-28(24)34)29(17-22-9-3-1-4-10-22)31(38)35-26-12-5-2-6-13-26/h1,3-4,7-11,14-16,18,26,29H,2,5-6,12-13,17,19-21H2,(H,35,38)/t29-/m0/s1. The molecule has 39 heavy (non-hydrogen) atoms. The lowest BCUT2D eigenvalue weighted by molar-refractivity contribution is -0.139. The smallest absolute Gasteiger partial charge is 0.243 e. The molecular weight excluding hydrogens is 554 g/mol. The topological polar surface area (TPSA) is 49.4 Å². The molecule has 0 spiro atoms. The molecule has 0 aliphatic heterocycles. The van der Waals surface area contributed by atoms with Crippen LogP contribution in [0.3, 0.4) is 0 Å². The number of nitrogens with zero attached hydrogens (tertiary/aromatic N) is 1. The van der Waals surface area contributed by atoms with E-state index in [1.54, 1.807) is 41.3 Å². The fourth-order valence-electron chi connectivity index (χ4n) is 4.88. The van der Waals surface area contributed by atoms with Crippen LogP contribution in [0.15, 0.2) is 72.8 Å². The third-order valence-electron chi connectivity index (χ3n) is 7.02. The predicted molar refractivity (Wildman–Crippen MR) is 159 cm³/mol. The highest BCUT2D eigenvalue weighted by Gasteiger charge is 2.32. The Balaban J connectivity index is 1.59. The fourth-order valence-corrected chi connectivity index (χ4v) is 6.24. The van der Waals surface area contributed by atoms with Crippen LogP contribution >= 0.6 is 35.0 Å². The minimum Gasteiger partial charge on any atom is -0.352 e. The Hall–Kier alpha value is -2.54. The molecule has 0 saturated heterocycles. The number of carbonyl (C=O) groups excluding carboxylic acids is 2. The lowest BCUT2D eigenvalue weighted by Gasteiger charge is -2.33. The van der Waals surface area contributed by atoms with Crippen LogP contribution in [-0.4, -0.2) is 34.6 Å². The summed E-state index contributed by atoms with van der Waals surface area (Å²) in [6.45, 7) is 0.157. The monoisotopic (exact) mass is 586 g/mol. The van der Waals surface area contributed by atoms with E-state index in [9.17, 15) is 14.0 Å². The van der Waals surface area contributed by atoms with E-state index in [0.717, 1.165) is 31.2 Å². The van der Waals surface area contributed by atoms with Crippen LogP contribution < -0.4 is 5.32 Å². The molecule has 8 heteroatoms. The molecule has 1 fully saturated rings. The number of nitrogens with one attached hydrogen (secondary N) is 1. The van der Waals surface area contributed by atoms with Crippen LogP contribution in [0.4, 0.5) is 4.39 Å². The van der Waals surface area contributed by atoms with Gasteiger partial charge >= 0.3 is 0 Å². The van der Waals surface area contributed by atoms with E-state index in [1.807, 2.05) is 30.3 Å². The van der Waals surface area contributed by atoms with E-state index >= 15 is 0 Å². The second-order valence-electron chi connectivity index (χ2n) is 9.89. The van der Waals surface area contributed by atoms with E-state index in [2.05, 4.69) is 5.32 Å². The predicted octanol–water partition coefficient (Wildman–Crippen LogP) is 7.45. The molecule has 0 aromatic heterocycles. The summed E-state index contributed by atoms with van der Waals surface area (Å²) >= 11 is 14.0. The van der Waals surface area contributed by atoms with Gasteiger partial charge in [-0.3, -0.25) is 9.59 Å². The van der Waals surface area contributed by atoms with Crippen molar-refractivity contribution in [2.45, 2.75) is 62.9 Å². The van der Waals surface area contributed by atoms with Crippen molar-refractivity contribution in [1.29, 1.82) is 0 Å². The van der Waals surface area contributed by atoms with Gasteiger partial charge in [-0.1, -0.05) is 97.1 Å². The van der Waals surface area contributed by atoms with Gasteiger partial charge in [0.25, 0.3) is 0 Å². The Morgan fingerprint density at radius 3 is 2.38 bits per heavy atom. The van der Waals surface area contributed by atoms with E-state index in [0.29, 0.717) is 33.3 Å². The molecule has 0 radical (unpaired) electrons. The number of thioether (sulfide) groups is 1. The molecule has 1 atom stereocenters. The van der Waals surface area contributed by atoms with Gasteiger partial charge < -0.3 is 10.2 Å². The zero-order chi connectivity index (χ0) is 27.6. The van der Waals surface area contributed by atoms with E-state index < -0.39 is 6.04 Å². The molecule has 4 nitrogen and oxygen atoms in total. The lowest BCUT2D eigenvalue weighted by atomic mass is 9.94. The zero-order valence-electron chi connectivity index (χ0n) is 21.8. The van der Waals surface area contributed by atoms with E-state index in [-0.39, 0.29) is 36.0 Å². The molecule has 1 N–H and O–H groups in total. The number of carbonyl (C=O) groups is 2. The van der Waals surface area contributed by atoms with Gasteiger partial charge in [0.15, 0.2) is 0 Å². The van der Waals surface area contributed by atoms with Crippen LogP contribution in [0.1, 0.15) is 48.8 Å². The van der Waals surface area contributed by atoms with Crippen molar-refractivity contribution < 1.29 is 14.0 Å². The van der Waals surface area contributed by atoms with Crippen molar-refractivity contribution in [2.24, 2.45) is 0 Å². The summed E-state index contributed by atoms with van der Waals surface area (Å²) in [6.07, 6.45) is 5.61. The summed E-state index contributed by atoms with van der Waals surface area (Å²) in [7, 11) is 0. The van der Waals surface area contributed by atoms with Crippen LogP contribution in [0.25, 0.3) is 0 Å². The van der Waals surface area contributed by atoms with E-state index in [4.69, 9.17) is 23.2 Å². The fraction of sp³-hybridized carbons (Fsp3) is 0.355. The molecule has 1 aliphatic carbocycles. The second kappa shape index (κ2) is 14.7. The van der Waals surface area contributed by atoms with Gasteiger partial charge in [-0.25, -0.2) is 4.39 Å². The highest BCUT2D eigenvalue weighted by molar-refractivity contribution is 7.99. The summed E-state index contributed by atoms with van der Waals surface area (Å²) in [4.78, 5) is 29.2. The second-order valence-corrected chi connectivity index (χ2v) is 11.7. The molecular formula is C31H33Cl2FN2O2S. The Morgan fingerprint density at radius 2 is 1.67 bits per heavy atom. The molecule has 3 aromatic rings. The summed E-state index contributed by atoms with van der Waals surface area (Å²) in [5.41, 5.74) is 2.20. The maximum atomic E-state index is 14.1. The van der Waals surface area contributed by atoms with Crippen molar-refractivity contribution in [2.75, 3.05) is 5.75 Å². The van der Waals surface area contributed by atoms with Gasteiger partial charge in [-0.15, -0.1) is 11.8 Å². The van der Waals surface area contributed by atoms with E-state index in [1.165, 1.54) is 24.2 Å². The first-order valence-corrected chi connectivity index (χ1v) is 15.2. The first kappa shape index (κ1) is 29.4. The van der Waals surface area contributed by atoms with Crippen molar-refractivity contribution in [3.63, 3.8) is 0 Å². The third kappa shape index (κ3) is 8.72. The number of rotatable bonds is 11. The molecule has 2 amide bonds. The summed E-state index contributed by atoms with van der Waals surface area (Å²) in [5.74, 6) is -0.214. The first-order chi connectivity index (χ1) is 18.9. The largest absolute Gasteiger partial charge is 0.352 e. The Bertz CT molecular complexity index is 1250. The van der Waals surface area contributed by atoms with Gasteiger partial charge in [-0.2, -0.15) is 0 Å². The summed E-state index contributed by atoms with van der Waals surface area (Å²) in [5, 5.41) is 4.16. The van der Waals surface area contributed by atoms with Crippen LogP contribution in [-0.2, 0) is 28.3 Å². The minimum absolute atomic E-state index is 0.0988. The summed E-state index contributed by atoms with van der Waals surface area (Å²) < 4.78 is 14.1. The van der Waals surface area contributed by atoms with Gasteiger partial charge in [0.2, 0.25) is 11.8 Å². The van der Waals surface area contributed by atoms with Gasteiger partial charge in [0, 0.05) is 34.8 Å². The molecule has 0 unspecified atom stereocenters. The molecule has 206 valence electrons. The van der Waals surface area contributed by atoms with Crippen LogP contribution in [0, 0.1) is 5.82 Å². The zero-order valence-corrected chi connectivity index (χ0v) is 24.1. The first-order valence-electron chi connectivity index (χ1n) is 13.3. The van der Waals surface area contributed by atoms with Crippen molar-refractivity contribution in [1.82, 2.24) is 10.2 Å². The number of halogens is 3. The molecule has 0 bridgehead atoms. The van der Waals surface area contributed by atoms with Gasteiger partial charge in [0.05, 0.1) is 5.75 Å². The van der Waals surface area contributed by atoms with Crippen LogP contribution in [0.2, 0.25) is 10.0 Å². The normalized spacial score (nSPS) is 14.5. The Labute approximate surface area is 244 Å². The highest BCUT2D eigenvalue weighted by atomic mass is 35.5. The SMILES string of the molecule is O=C(NC1CCCCC1)[C@H](Cc1ccccc1)N(Cc1ccc(Cl)cc1Cl)C(=O)CSCc1ccccc1F. The minimum atomic E-state index is -0.734. The Morgan fingerprint density at radius 1 is 0.949 bits per heavy atom. The number of hydrogen-bond donors (Lipinski definition) is 1. The van der Waals surface area contributed by atoms with Crippen molar-refractivity contribution >= 4 is 46.8 Å². The third-order valence-corrected chi connectivity index (χ3v) is 8.57. The van der Waals surface area contributed by atoms with Crippen molar-refractivity contribution in [3.05, 3.63) is 105 Å². The van der Waals surface area contributed by atoms with Crippen LogP contribution in [0.5, 0.6) is 0 Å². The maximum Gasteiger partial charge on any atom is 0.243 e. The molecule has 1 saturated carbocycles. The summed E-state index contributed by atoms with van der Waals surface area (Å²) in [6, 6.07) is 20.8. The number of hydrogen-bond acceptors (Lipinski definition) is 3. The molecule has 1 aliphatic rings. The molecule has 0 heterocycles. The highest BCUT2D eigenvalue weighted by Crippen LogP contribution is 2.26. The average molecular weight is 588 g/mol. The average Bonchev–Trinajstić information content (AvgIpc) is 2.94. The number of amides is 2. The quantitative estimate of drug-likeness (QED) is 0.254. The maximum absolute atomic E-state index is 14.1. The van der Waals surface area contributed by atoms with Gasteiger partial charge in [-0.05, 0) is 47.7 Å². The number of benzene rings is 3. The van der Waals surface area contributed by atoms with Gasteiger partial charge in [0.1, 0.15) is 11.9 Å². The molecule has 3 aromatic carbocycles. The molecule has 4 rings (SSSR count). The van der Waals surface area contributed by atoms with Crippen molar-refractivity contribution in [3.8, 4) is 0 Å². The Kier molecular flexibility index (Phi) is 11.1.